The molecule has 92 valence electrons. The van der Waals surface area contributed by atoms with Crippen LogP contribution in [0.5, 0.6) is 0 Å². The number of rotatable bonds is 3. The van der Waals surface area contributed by atoms with Gasteiger partial charge in [-0.3, -0.25) is 9.78 Å². The molecule has 0 aliphatic rings. The van der Waals surface area contributed by atoms with Gasteiger partial charge in [-0.05, 0) is 15.9 Å². The standard InChI is InChI=1S/C12H9BrN2O2S/c13-9-5-14-6-10-12(9)8(4-15-10)2-1-3-18-7-11(16)17/h4-6,15H,3,7H2,(H,16,17). The Hall–Kier alpha value is -1.45. The Bertz CT molecular complexity index is 642. The normalized spacial score (nSPS) is 10.1. The van der Waals surface area contributed by atoms with Gasteiger partial charge in [-0.1, -0.05) is 11.8 Å². The number of hydrogen-bond acceptors (Lipinski definition) is 3. The molecule has 0 bridgehead atoms. The van der Waals surface area contributed by atoms with Crippen LogP contribution < -0.4 is 0 Å². The molecule has 0 atom stereocenters. The summed E-state index contributed by atoms with van der Waals surface area (Å²) in [5.74, 6) is 5.74. The van der Waals surface area contributed by atoms with E-state index in [1.807, 2.05) is 6.20 Å². The molecule has 6 heteroatoms. The minimum Gasteiger partial charge on any atom is -0.481 e. The first-order valence-corrected chi connectivity index (χ1v) is 7.02. The van der Waals surface area contributed by atoms with Crippen molar-refractivity contribution in [1.82, 2.24) is 9.97 Å². The molecule has 2 N–H and O–H groups in total. The fourth-order valence-corrected chi connectivity index (χ4v) is 2.46. The van der Waals surface area contributed by atoms with E-state index in [-0.39, 0.29) is 5.75 Å². The van der Waals surface area contributed by atoms with E-state index in [9.17, 15) is 4.79 Å². The summed E-state index contributed by atoms with van der Waals surface area (Å²) in [5, 5.41) is 9.49. The predicted molar refractivity (Wildman–Crippen MR) is 75.6 cm³/mol. The highest BCUT2D eigenvalue weighted by atomic mass is 79.9. The molecule has 0 saturated heterocycles. The van der Waals surface area contributed by atoms with Gasteiger partial charge in [-0.15, -0.1) is 11.8 Å². The fourth-order valence-electron chi connectivity index (χ4n) is 1.46. The molecule has 0 aliphatic heterocycles. The average molecular weight is 325 g/mol. The first-order chi connectivity index (χ1) is 8.68. The lowest BCUT2D eigenvalue weighted by atomic mass is 10.2. The molecule has 0 aliphatic carbocycles. The molecule has 18 heavy (non-hydrogen) atoms. The van der Waals surface area contributed by atoms with E-state index >= 15 is 0 Å². The highest BCUT2D eigenvalue weighted by Gasteiger charge is 2.04. The monoisotopic (exact) mass is 324 g/mol. The SMILES string of the molecule is O=C(O)CSCC#Cc1c[nH]c2cncc(Br)c12. The van der Waals surface area contributed by atoms with Crippen LogP contribution >= 0.6 is 27.7 Å². The van der Waals surface area contributed by atoms with Crippen LogP contribution in [0.2, 0.25) is 0 Å². The van der Waals surface area contributed by atoms with E-state index in [1.165, 1.54) is 11.8 Å². The number of aromatic amines is 1. The summed E-state index contributed by atoms with van der Waals surface area (Å²) < 4.78 is 0.892. The van der Waals surface area contributed by atoms with Crippen molar-refractivity contribution in [2.45, 2.75) is 0 Å². The van der Waals surface area contributed by atoms with E-state index in [2.05, 4.69) is 37.7 Å². The van der Waals surface area contributed by atoms with Gasteiger partial charge in [0.2, 0.25) is 0 Å². The molecule has 0 amide bonds. The van der Waals surface area contributed by atoms with Crippen LogP contribution in [0.15, 0.2) is 23.1 Å². The zero-order valence-electron chi connectivity index (χ0n) is 9.24. The van der Waals surface area contributed by atoms with E-state index in [0.29, 0.717) is 5.75 Å². The zero-order chi connectivity index (χ0) is 13.0. The Morgan fingerprint density at radius 1 is 1.56 bits per heavy atom. The second-order valence-electron chi connectivity index (χ2n) is 3.43. The van der Waals surface area contributed by atoms with Crippen LogP contribution in [0.1, 0.15) is 5.56 Å². The maximum Gasteiger partial charge on any atom is 0.313 e. The third kappa shape index (κ3) is 3.06. The fraction of sp³-hybridized carbons (Fsp3) is 0.167. The number of halogens is 1. The number of thioether (sulfide) groups is 1. The van der Waals surface area contributed by atoms with Gasteiger partial charge in [0.15, 0.2) is 0 Å². The molecule has 0 saturated carbocycles. The molecular weight excluding hydrogens is 316 g/mol. The van der Waals surface area contributed by atoms with Crippen molar-refractivity contribution in [2.75, 3.05) is 11.5 Å². The summed E-state index contributed by atoms with van der Waals surface area (Å²) in [4.78, 5) is 17.5. The Morgan fingerprint density at radius 3 is 3.17 bits per heavy atom. The third-order valence-electron chi connectivity index (χ3n) is 2.16. The first kappa shape index (κ1) is 13.0. The molecule has 2 heterocycles. The van der Waals surface area contributed by atoms with Crippen LogP contribution in [0.4, 0.5) is 0 Å². The molecule has 2 aromatic heterocycles. The van der Waals surface area contributed by atoms with Crippen molar-refractivity contribution in [2.24, 2.45) is 0 Å². The number of aliphatic carboxylic acids is 1. The second-order valence-corrected chi connectivity index (χ2v) is 5.27. The molecule has 2 rings (SSSR count). The van der Waals surface area contributed by atoms with Crippen molar-refractivity contribution in [1.29, 1.82) is 0 Å². The average Bonchev–Trinajstić information content (AvgIpc) is 2.73. The lowest BCUT2D eigenvalue weighted by Crippen LogP contribution is -1.97. The van der Waals surface area contributed by atoms with Gasteiger partial charge in [0.25, 0.3) is 0 Å². The van der Waals surface area contributed by atoms with Gasteiger partial charge >= 0.3 is 5.97 Å². The summed E-state index contributed by atoms with van der Waals surface area (Å²) >= 11 is 4.72. The van der Waals surface area contributed by atoms with Gasteiger partial charge in [0, 0.05) is 22.3 Å². The summed E-state index contributed by atoms with van der Waals surface area (Å²) in [5.41, 5.74) is 1.81. The highest BCUT2D eigenvalue weighted by molar-refractivity contribution is 9.10. The number of pyridine rings is 1. The van der Waals surface area contributed by atoms with Crippen molar-refractivity contribution in [3.63, 3.8) is 0 Å². The van der Waals surface area contributed by atoms with Crippen LogP contribution in [0.3, 0.4) is 0 Å². The van der Waals surface area contributed by atoms with Crippen molar-refractivity contribution >= 4 is 44.6 Å². The highest BCUT2D eigenvalue weighted by Crippen LogP contribution is 2.25. The van der Waals surface area contributed by atoms with E-state index in [1.54, 1.807) is 12.4 Å². The van der Waals surface area contributed by atoms with Crippen LogP contribution in [-0.2, 0) is 4.79 Å². The zero-order valence-corrected chi connectivity index (χ0v) is 11.6. The van der Waals surface area contributed by atoms with Gasteiger partial charge in [-0.25, -0.2) is 0 Å². The minimum atomic E-state index is -0.817. The van der Waals surface area contributed by atoms with E-state index < -0.39 is 5.97 Å². The lowest BCUT2D eigenvalue weighted by Gasteiger charge is -1.93. The number of hydrogen-bond donors (Lipinski definition) is 2. The lowest BCUT2D eigenvalue weighted by molar-refractivity contribution is -0.133. The van der Waals surface area contributed by atoms with Crippen LogP contribution in [0.25, 0.3) is 10.9 Å². The molecule has 2 aromatic rings. The number of carbonyl (C=O) groups is 1. The Morgan fingerprint density at radius 2 is 2.39 bits per heavy atom. The quantitative estimate of drug-likeness (QED) is 0.672. The number of fused-ring (bicyclic) bond motifs is 1. The second kappa shape index (κ2) is 5.94. The van der Waals surface area contributed by atoms with Crippen molar-refractivity contribution in [3.8, 4) is 11.8 Å². The van der Waals surface area contributed by atoms with Gasteiger partial charge in [-0.2, -0.15) is 0 Å². The minimum absolute atomic E-state index is 0.0795. The Labute approximate surface area is 116 Å². The van der Waals surface area contributed by atoms with Crippen LogP contribution in [-0.4, -0.2) is 32.5 Å². The summed E-state index contributed by atoms with van der Waals surface area (Å²) in [7, 11) is 0. The number of carboxylic acid groups (broad SMARTS) is 1. The van der Waals surface area contributed by atoms with Crippen molar-refractivity contribution in [3.05, 3.63) is 28.6 Å². The van der Waals surface area contributed by atoms with E-state index in [4.69, 9.17) is 5.11 Å². The number of H-pyrrole nitrogens is 1. The van der Waals surface area contributed by atoms with E-state index in [0.717, 1.165) is 20.9 Å². The molecule has 0 spiro atoms. The predicted octanol–water partition coefficient (Wildman–Crippen LogP) is 2.49. The number of aromatic nitrogens is 2. The maximum atomic E-state index is 10.3. The molecule has 0 unspecified atom stereocenters. The largest absolute Gasteiger partial charge is 0.481 e. The summed E-state index contributed by atoms with van der Waals surface area (Å²) in [6, 6.07) is 0. The summed E-state index contributed by atoms with van der Waals surface area (Å²) in [6.45, 7) is 0. The smallest absolute Gasteiger partial charge is 0.313 e. The molecule has 0 radical (unpaired) electrons. The topological polar surface area (TPSA) is 66.0 Å². The maximum absolute atomic E-state index is 10.3. The van der Waals surface area contributed by atoms with Gasteiger partial charge in [0.05, 0.1) is 28.8 Å². The van der Waals surface area contributed by atoms with Gasteiger partial charge in [0.1, 0.15) is 0 Å². The van der Waals surface area contributed by atoms with Crippen LogP contribution in [0, 0.1) is 11.8 Å². The first-order valence-electron chi connectivity index (χ1n) is 5.07. The molecule has 0 aromatic carbocycles. The van der Waals surface area contributed by atoms with Gasteiger partial charge < -0.3 is 10.1 Å². The third-order valence-corrected chi connectivity index (χ3v) is 3.56. The molecule has 4 nitrogen and oxygen atoms in total. The molecular formula is C12H9BrN2O2S. The summed E-state index contributed by atoms with van der Waals surface area (Å²) in [6.07, 6.45) is 5.29. The van der Waals surface area contributed by atoms with Crippen molar-refractivity contribution < 1.29 is 9.90 Å². The molecule has 0 fully saturated rings. The Kier molecular flexibility index (Phi) is 4.28. The number of nitrogens with zero attached hydrogens (tertiary/aromatic N) is 1. The number of carboxylic acids is 1. The number of nitrogens with one attached hydrogen (secondary N) is 1. The Balaban J connectivity index is 2.13.